The number of halogens is 1. The predicted molar refractivity (Wildman–Crippen MR) is 118 cm³/mol. The van der Waals surface area contributed by atoms with Gasteiger partial charge in [-0.05, 0) is 24.1 Å². The molecule has 5 heteroatoms. The molecule has 0 atom stereocenters. The van der Waals surface area contributed by atoms with Gasteiger partial charge in [-0.1, -0.05) is 90.0 Å². The summed E-state index contributed by atoms with van der Waals surface area (Å²) in [6.45, 7) is 4.03. The van der Waals surface area contributed by atoms with Gasteiger partial charge in [-0.2, -0.15) is 15.0 Å². The molecule has 0 radical (unpaired) electrons. The standard InChI is InChI=1S/C24H23ClN4/c1-18-11-13-19(14-12-18)17-29-27-23(24(28-29)20-7-3-2-4-8-20)16-26-15-21-9-5-6-10-22(21)25/h2-14,26H,15-17H2,1H3. The predicted octanol–water partition coefficient (Wildman–Crippen LogP) is 5.25. The molecule has 1 aromatic heterocycles. The first-order valence-corrected chi connectivity index (χ1v) is 10.1. The van der Waals surface area contributed by atoms with E-state index >= 15 is 0 Å². The minimum absolute atomic E-state index is 0.614. The Balaban J connectivity index is 1.54. The van der Waals surface area contributed by atoms with Gasteiger partial charge >= 0.3 is 0 Å². The molecule has 0 aliphatic carbocycles. The lowest BCUT2D eigenvalue weighted by atomic mass is 10.1. The normalized spacial score (nSPS) is 11.0. The van der Waals surface area contributed by atoms with E-state index in [9.17, 15) is 0 Å². The molecule has 4 nitrogen and oxygen atoms in total. The summed E-state index contributed by atoms with van der Waals surface area (Å²) in [5.41, 5.74) is 6.40. The fraction of sp³-hybridized carbons (Fsp3) is 0.167. The van der Waals surface area contributed by atoms with Crippen molar-refractivity contribution in [3.8, 4) is 11.3 Å². The summed E-state index contributed by atoms with van der Waals surface area (Å²) in [6.07, 6.45) is 0. The topological polar surface area (TPSA) is 42.7 Å². The maximum atomic E-state index is 6.27. The Bertz CT molecular complexity index is 1070. The average Bonchev–Trinajstić information content (AvgIpc) is 3.14. The molecule has 4 rings (SSSR count). The second kappa shape index (κ2) is 9.03. The molecule has 0 amide bonds. The number of nitrogens with zero attached hydrogens (tertiary/aromatic N) is 3. The highest BCUT2D eigenvalue weighted by molar-refractivity contribution is 6.31. The Labute approximate surface area is 176 Å². The molecule has 0 saturated carbocycles. The zero-order valence-corrected chi connectivity index (χ0v) is 17.1. The van der Waals surface area contributed by atoms with Gasteiger partial charge in [-0.25, -0.2) is 0 Å². The van der Waals surface area contributed by atoms with Crippen LogP contribution in [0.1, 0.15) is 22.4 Å². The number of nitrogens with one attached hydrogen (secondary N) is 1. The van der Waals surface area contributed by atoms with Crippen LogP contribution in [0.25, 0.3) is 11.3 Å². The summed E-state index contributed by atoms with van der Waals surface area (Å²) in [5.74, 6) is 0. The number of benzene rings is 3. The molecule has 29 heavy (non-hydrogen) atoms. The number of hydrogen-bond donors (Lipinski definition) is 1. The molecular weight excluding hydrogens is 380 g/mol. The SMILES string of the molecule is Cc1ccc(Cn2nc(CNCc3ccccc3Cl)c(-c3ccccc3)n2)cc1. The van der Waals surface area contributed by atoms with Gasteiger partial charge in [-0.15, -0.1) is 0 Å². The van der Waals surface area contributed by atoms with E-state index in [1.54, 1.807) is 4.80 Å². The summed E-state index contributed by atoms with van der Waals surface area (Å²) in [6, 6.07) is 26.5. The fourth-order valence-corrected chi connectivity index (χ4v) is 3.41. The fourth-order valence-electron chi connectivity index (χ4n) is 3.21. The van der Waals surface area contributed by atoms with Crippen LogP contribution in [0.4, 0.5) is 0 Å². The number of rotatable bonds is 7. The zero-order chi connectivity index (χ0) is 20.1. The molecule has 0 bridgehead atoms. The molecule has 0 spiro atoms. The van der Waals surface area contributed by atoms with Crippen LogP contribution < -0.4 is 5.32 Å². The molecular formula is C24H23ClN4. The van der Waals surface area contributed by atoms with Crippen molar-refractivity contribution in [2.45, 2.75) is 26.6 Å². The van der Waals surface area contributed by atoms with Crippen LogP contribution >= 0.6 is 11.6 Å². The largest absolute Gasteiger partial charge is 0.307 e. The smallest absolute Gasteiger partial charge is 0.117 e. The van der Waals surface area contributed by atoms with E-state index in [4.69, 9.17) is 21.8 Å². The van der Waals surface area contributed by atoms with Gasteiger partial charge in [-0.3, -0.25) is 0 Å². The van der Waals surface area contributed by atoms with Crippen molar-refractivity contribution < 1.29 is 0 Å². The third-order valence-corrected chi connectivity index (χ3v) is 5.15. The maximum Gasteiger partial charge on any atom is 0.117 e. The maximum absolute atomic E-state index is 6.27. The van der Waals surface area contributed by atoms with Crippen molar-refractivity contribution in [1.82, 2.24) is 20.3 Å². The molecule has 3 aromatic carbocycles. The van der Waals surface area contributed by atoms with Crippen LogP contribution in [-0.2, 0) is 19.6 Å². The van der Waals surface area contributed by atoms with E-state index in [0.717, 1.165) is 27.5 Å². The second-order valence-electron chi connectivity index (χ2n) is 7.07. The highest BCUT2D eigenvalue weighted by atomic mass is 35.5. The lowest BCUT2D eigenvalue weighted by Gasteiger charge is -2.06. The second-order valence-corrected chi connectivity index (χ2v) is 7.48. The van der Waals surface area contributed by atoms with Gasteiger partial charge < -0.3 is 5.32 Å². The van der Waals surface area contributed by atoms with Crippen LogP contribution in [-0.4, -0.2) is 15.0 Å². The van der Waals surface area contributed by atoms with Crippen molar-refractivity contribution in [3.63, 3.8) is 0 Å². The van der Waals surface area contributed by atoms with Crippen LogP contribution in [0.2, 0.25) is 5.02 Å². The van der Waals surface area contributed by atoms with E-state index in [2.05, 4.69) is 48.6 Å². The molecule has 1 N–H and O–H groups in total. The third-order valence-electron chi connectivity index (χ3n) is 4.78. The first-order chi connectivity index (χ1) is 14.2. The summed E-state index contributed by atoms with van der Waals surface area (Å²) >= 11 is 6.27. The summed E-state index contributed by atoms with van der Waals surface area (Å²) in [5, 5.41) is 13.8. The van der Waals surface area contributed by atoms with E-state index < -0.39 is 0 Å². The van der Waals surface area contributed by atoms with Gasteiger partial charge in [0, 0.05) is 23.7 Å². The molecule has 0 aliphatic rings. The molecule has 4 aromatic rings. The van der Waals surface area contributed by atoms with Crippen LogP contribution in [0, 0.1) is 6.92 Å². The quantitative estimate of drug-likeness (QED) is 0.459. The molecule has 1 heterocycles. The van der Waals surface area contributed by atoms with Crippen LogP contribution in [0.15, 0.2) is 78.9 Å². The average molecular weight is 403 g/mol. The third kappa shape index (κ3) is 4.91. The van der Waals surface area contributed by atoms with Crippen molar-refractivity contribution in [2.75, 3.05) is 0 Å². The van der Waals surface area contributed by atoms with E-state index in [1.807, 2.05) is 42.5 Å². The van der Waals surface area contributed by atoms with Gasteiger partial charge in [0.15, 0.2) is 0 Å². The van der Waals surface area contributed by atoms with Gasteiger partial charge in [0.1, 0.15) is 11.4 Å². The van der Waals surface area contributed by atoms with Crippen molar-refractivity contribution >= 4 is 11.6 Å². The molecule has 0 aliphatic heterocycles. The highest BCUT2D eigenvalue weighted by Gasteiger charge is 2.13. The first kappa shape index (κ1) is 19.4. The van der Waals surface area contributed by atoms with E-state index in [0.29, 0.717) is 19.6 Å². The van der Waals surface area contributed by atoms with Gasteiger partial charge in [0.25, 0.3) is 0 Å². The Morgan fingerprint density at radius 3 is 2.31 bits per heavy atom. The van der Waals surface area contributed by atoms with Crippen molar-refractivity contribution in [2.24, 2.45) is 0 Å². The molecule has 0 saturated heterocycles. The van der Waals surface area contributed by atoms with Crippen LogP contribution in [0.5, 0.6) is 0 Å². The lowest BCUT2D eigenvalue weighted by Crippen LogP contribution is -2.14. The summed E-state index contributed by atoms with van der Waals surface area (Å²) in [7, 11) is 0. The summed E-state index contributed by atoms with van der Waals surface area (Å²) in [4.78, 5) is 1.78. The monoisotopic (exact) mass is 402 g/mol. The Morgan fingerprint density at radius 1 is 0.828 bits per heavy atom. The van der Waals surface area contributed by atoms with E-state index in [-0.39, 0.29) is 0 Å². The van der Waals surface area contributed by atoms with Gasteiger partial charge in [0.05, 0.1) is 6.54 Å². The number of aryl methyl sites for hydroxylation is 1. The number of hydrogen-bond acceptors (Lipinski definition) is 3. The van der Waals surface area contributed by atoms with Crippen LogP contribution in [0.3, 0.4) is 0 Å². The molecule has 0 unspecified atom stereocenters. The Hall–Kier alpha value is -2.95. The minimum Gasteiger partial charge on any atom is -0.307 e. The van der Waals surface area contributed by atoms with Crippen molar-refractivity contribution in [3.05, 3.63) is 106 Å². The highest BCUT2D eigenvalue weighted by Crippen LogP contribution is 2.21. The Morgan fingerprint density at radius 2 is 1.55 bits per heavy atom. The Kier molecular flexibility index (Phi) is 6.03. The molecule has 0 fully saturated rings. The molecule has 146 valence electrons. The van der Waals surface area contributed by atoms with Crippen molar-refractivity contribution in [1.29, 1.82) is 0 Å². The lowest BCUT2D eigenvalue weighted by molar-refractivity contribution is 0.576. The van der Waals surface area contributed by atoms with E-state index in [1.165, 1.54) is 11.1 Å². The zero-order valence-electron chi connectivity index (χ0n) is 16.3. The summed E-state index contributed by atoms with van der Waals surface area (Å²) < 4.78 is 0. The minimum atomic E-state index is 0.614. The first-order valence-electron chi connectivity index (χ1n) is 9.68. The number of aromatic nitrogens is 3. The van der Waals surface area contributed by atoms with Gasteiger partial charge in [0.2, 0.25) is 0 Å².